The van der Waals surface area contributed by atoms with Gasteiger partial charge >= 0.3 is 0 Å². The lowest BCUT2D eigenvalue weighted by molar-refractivity contribution is 1.46. The molecule has 1 aromatic rings. The number of isothiocyanates is 1. The van der Waals surface area contributed by atoms with Gasteiger partial charge in [0.05, 0.1) is 5.16 Å². The number of thiocarbonyl (C=S) groups is 1. The third kappa shape index (κ3) is 2.79. The van der Waals surface area contributed by atoms with Gasteiger partial charge in [0.1, 0.15) is 0 Å². The highest BCUT2D eigenvalue weighted by atomic mass is 32.1. The van der Waals surface area contributed by atoms with E-state index in [0.717, 1.165) is 5.56 Å². The minimum Gasteiger partial charge on any atom is -0.203 e. The predicted molar refractivity (Wildman–Crippen MR) is 55.2 cm³/mol. The highest BCUT2D eigenvalue weighted by molar-refractivity contribution is 7.78. The van der Waals surface area contributed by atoms with Crippen LogP contribution in [0.2, 0.25) is 0 Å². The van der Waals surface area contributed by atoms with Crippen LogP contribution in [0.1, 0.15) is 11.1 Å². The summed E-state index contributed by atoms with van der Waals surface area (Å²) < 4.78 is 0. The molecule has 0 heterocycles. The molecule has 0 aliphatic heterocycles. The van der Waals surface area contributed by atoms with E-state index >= 15 is 0 Å². The summed E-state index contributed by atoms with van der Waals surface area (Å²) in [6, 6.07) is 8.18. The number of aliphatic imine (C=N–C) groups is 1. The minimum atomic E-state index is 1.12. The molecule has 0 saturated carbocycles. The van der Waals surface area contributed by atoms with Crippen molar-refractivity contribution in [1.82, 2.24) is 0 Å². The molecule has 0 spiro atoms. The normalized spacial score (nSPS) is 9.75. The Hall–Kier alpha value is -1.24. The lowest BCUT2D eigenvalue weighted by atomic mass is 10.1. The fourth-order valence-corrected chi connectivity index (χ4v) is 0.892. The minimum absolute atomic E-state index is 1.12. The highest BCUT2D eigenvalue weighted by Crippen LogP contribution is 2.04. The van der Waals surface area contributed by atoms with Crippen molar-refractivity contribution in [3.8, 4) is 0 Å². The molecule has 1 nitrogen and oxygen atoms in total. The predicted octanol–water partition coefficient (Wildman–Crippen LogP) is 3.07. The van der Waals surface area contributed by atoms with Gasteiger partial charge in [-0.1, -0.05) is 29.8 Å². The lowest BCUT2D eigenvalue weighted by Crippen LogP contribution is -1.72. The number of rotatable bonds is 2. The van der Waals surface area contributed by atoms with Gasteiger partial charge in [-0.15, -0.1) is 0 Å². The van der Waals surface area contributed by atoms with Crippen LogP contribution in [0, 0.1) is 6.92 Å². The van der Waals surface area contributed by atoms with Crippen LogP contribution in [0.3, 0.4) is 0 Å². The van der Waals surface area contributed by atoms with Crippen LogP contribution in [0.25, 0.3) is 6.08 Å². The summed E-state index contributed by atoms with van der Waals surface area (Å²) in [5, 5.41) is 2.27. The molecule has 60 valence electrons. The molecule has 12 heavy (non-hydrogen) atoms. The molecule has 0 radical (unpaired) electrons. The van der Waals surface area contributed by atoms with Crippen molar-refractivity contribution in [1.29, 1.82) is 0 Å². The monoisotopic (exact) mass is 175 g/mol. The maximum absolute atomic E-state index is 4.42. The molecule has 1 aromatic carbocycles. The largest absolute Gasteiger partial charge is 0.203 e. The Morgan fingerprint density at radius 2 is 2.00 bits per heavy atom. The Labute approximate surface area is 77.5 Å². The third-order valence-electron chi connectivity index (χ3n) is 1.47. The molecular formula is C10H9NS. The summed E-state index contributed by atoms with van der Waals surface area (Å²) in [4.78, 5) is 3.67. The second-order valence-corrected chi connectivity index (χ2v) is 2.63. The van der Waals surface area contributed by atoms with E-state index in [1.54, 1.807) is 6.20 Å². The first kappa shape index (κ1) is 8.85. The molecule has 2 heteroatoms. The van der Waals surface area contributed by atoms with Crippen LogP contribution in [-0.4, -0.2) is 5.16 Å². The number of hydrogen-bond donors (Lipinski definition) is 0. The second kappa shape index (κ2) is 4.60. The van der Waals surface area contributed by atoms with E-state index in [0.29, 0.717) is 0 Å². The van der Waals surface area contributed by atoms with Gasteiger partial charge < -0.3 is 0 Å². The van der Waals surface area contributed by atoms with Crippen LogP contribution in [0.15, 0.2) is 35.5 Å². The molecule has 0 saturated heterocycles. The van der Waals surface area contributed by atoms with E-state index in [2.05, 4.69) is 41.4 Å². The summed E-state index contributed by atoms with van der Waals surface area (Å²) in [7, 11) is 0. The molecule has 0 aromatic heterocycles. The smallest absolute Gasteiger partial charge is 0.0634 e. The van der Waals surface area contributed by atoms with Crippen molar-refractivity contribution in [2.45, 2.75) is 6.92 Å². The highest BCUT2D eigenvalue weighted by Gasteiger charge is 1.84. The van der Waals surface area contributed by atoms with Gasteiger partial charge in [0.25, 0.3) is 0 Å². The van der Waals surface area contributed by atoms with Gasteiger partial charge in [-0.25, -0.2) is 4.99 Å². The van der Waals surface area contributed by atoms with Crippen molar-refractivity contribution in [3.05, 3.63) is 41.6 Å². The number of nitrogens with zero attached hydrogens (tertiary/aromatic N) is 1. The van der Waals surface area contributed by atoms with Gasteiger partial charge in [-0.05, 0) is 30.8 Å². The maximum Gasteiger partial charge on any atom is 0.0634 e. The summed E-state index contributed by atoms with van der Waals surface area (Å²) >= 11 is 4.42. The Morgan fingerprint density at radius 1 is 1.33 bits per heavy atom. The van der Waals surface area contributed by atoms with Crippen molar-refractivity contribution in [2.75, 3.05) is 0 Å². The van der Waals surface area contributed by atoms with E-state index in [1.807, 2.05) is 18.2 Å². The van der Waals surface area contributed by atoms with Gasteiger partial charge in [-0.3, -0.25) is 0 Å². The number of benzene rings is 1. The summed E-state index contributed by atoms with van der Waals surface area (Å²) in [5.74, 6) is 0. The zero-order valence-electron chi connectivity index (χ0n) is 6.82. The standard InChI is InChI=1S/C10H9NS/c1-9-2-4-10(5-3-9)6-7-11-8-12/h2-7H,1H3/b7-6-. The first-order valence-corrected chi connectivity index (χ1v) is 4.04. The average Bonchev–Trinajstić information content (AvgIpc) is 2.09. The summed E-state index contributed by atoms with van der Waals surface area (Å²) in [5.41, 5.74) is 2.38. The molecular weight excluding hydrogens is 166 g/mol. The first-order valence-electron chi connectivity index (χ1n) is 3.63. The van der Waals surface area contributed by atoms with Crippen LogP contribution >= 0.6 is 12.2 Å². The van der Waals surface area contributed by atoms with Crippen LogP contribution < -0.4 is 0 Å². The fourth-order valence-electron chi connectivity index (χ4n) is 0.831. The molecule has 0 bridgehead atoms. The van der Waals surface area contributed by atoms with E-state index in [4.69, 9.17) is 0 Å². The Bertz CT molecular complexity index is 318. The van der Waals surface area contributed by atoms with Crippen LogP contribution in [0.4, 0.5) is 0 Å². The fraction of sp³-hybridized carbons (Fsp3) is 0.100. The number of aryl methyl sites for hydroxylation is 1. The van der Waals surface area contributed by atoms with Gasteiger partial charge in [0.2, 0.25) is 0 Å². The third-order valence-corrected chi connectivity index (χ3v) is 1.58. The number of hydrogen-bond acceptors (Lipinski definition) is 2. The summed E-state index contributed by atoms with van der Waals surface area (Å²) in [6.07, 6.45) is 3.52. The molecule has 0 atom stereocenters. The Morgan fingerprint density at radius 3 is 2.58 bits per heavy atom. The zero-order chi connectivity index (χ0) is 8.81. The van der Waals surface area contributed by atoms with E-state index in [1.165, 1.54) is 5.56 Å². The summed E-state index contributed by atoms with van der Waals surface area (Å²) in [6.45, 7) is 2.06. The van der Waals surface area contributed by atoms with Crippen molar-refractivity contribution in [2.24, 2.45) is 4.99 Å². The molecule has 0 amide bonds. The molecule has 1 rings (SSSR count). The molecule has 0 N–H and O–H groups in total. The average molecular weight is 175 g/mol. The van der Waals surface area contributed by atoms with Crippen LogP contribution in [-0.2, 0) is 0 Å². The van der Waals surface area contributed by atoms with Gasteiger partial charge in [0.15, 0.2) is 0 Å². The SMILES string of the molecule is Cc1ccc(/C=C\N=C=S)cc1. The lowest BCUT2D eigenvalue weighted by Gasteiger charge is -1.92. The zero-order valence-corrected chi connectivity index (χ0v) is 7.64. The molecule has 0 aliphatic rings. The van der Waals surface area contributed by atoms with E-state index < -0.39 is 0 Å². The van der Waals surface area contributed by atoms with Gasteiger partial charge in [-0.2, -0.15) is 0 Å². The second-order valence-electron chi connectivity index (χ2n) is 2.45. The van der Waals surface area contributed by atoms with E-state index in [9.17, 15) is 0 Å². The molecule has 0 unspecified atom stereocenters. The Kier molecular flexibility index (Phi) is 3.39. The Balaban J connectivity index is 2.77. The first-order chi connectivity index (χ1) is 5.83. The molecule has 0 fully saturated rings. The topological polar surface area (TPSA) is 12.4 Å². The van der Waals surface area contributed by atoms with Crippen molar-refractivity contribution >= 4 is 23.5 Å². The van der Waals surface area contributed by atoms with Crippen LogP contribution in [0.5, 0.6) is 0 Å². The quantitative estimate of drug-likeness (QED) is 0.497. The molecule has 0 aliphatic carbocycles. The van der Waals surface area contributed by atoms with Gasteiger partial charge in [0, 0.05) is 6.20 Å². The van der Waals surface area contributed by atoms with E-state index in [-0.39, 0.29) is 0 Å². The maximum atomic E-state index is 4.42. The van der Waals surface area contributed by atoms with Crippen molar-refractivity contribution in [3.63, 3.8) is 0 Å². The van der Waals surface area contributed by atoms with Crippen molar-refractivity contribution < 1.29 is 0 Å².